The van der Waals surface area contributed by atoms with Gasteiger partial charge in [-0.05, 0) is 32.3 Å². The molecule has 1 saturated carbocycles. The van der Waals surface area contributed by atoms with Gasteiger partial charge in [0.2, 0.25) is 0 Å². The van der Waals surface area contributed by atoms with Crippen LogP contribution in [0.25, 0.3) is 0 Å². The van der Waals surface area contributed by atoms with Gasteiger partial charge in [-0.3, -0.25) is 10.1 Å². The summed E-state index contributed by atoms with van der Waals surface area (Å²) >= 11 is 0. The number of benzene rings is 1. The molecule has 1 aromatic carbocycles. The van der Waals surface area contributed by atoms with Crippen LogP contribution in [0, 0.1) is 24.0 Å². The first-order chi connectivity index (χ1) is 10.8. The molecule has 23 heavy (non-hydrogen) atoms. The van der Waals surface area contributed by atoms with Crippen LogP contribution in [0.2, 0.25) is 0 Å². The number of aryl methyl sites for hydroxylation is 1. The van der Waals surface area contributed by atoms with Gasteiger partial charge in [0.15, 0.2) is 0 Å². The van der Waals surface area contributed by atoms with Gasteiger partial charge in [-0.25, -0.2) is 4.79 Å². The fourth-order valence-electron chi connectivity index (χ4n) is 3.02. The first kappa shape index (κ1) is 17.2. The molecule has 0 spiro atoms. The van der Waals surface area contributed by atoms with Crippen LogP contribution < -0.4 is 10.6 Å². The smallest absolute Gasteiger partial charge is 0.319 e. The number of carbonyl (C=O) groups is 1. The van der Waals surface area contributed by atoms with E-state index in [0.717, 1.165) is 24.8 Å². The molecule has 0 saturated heterocycles. The lowest BCUT2D eigenvalue weighted by atomic mass is 9.85. The summed E-state index contributed by atoms with van der Waals surface area (Å²) in [5.74, 6) is 0. The van der Waals surface area contributed by atoms with Crippen LogP contribution in [0.4, 0.5) is 16.2 Å². The highest BCUT2D eigenvalue weighted by atomic mass is 16.6. The summed E-state index contributed by atoms with van der Waals surface area (Å²) in [7, 11) is 0. The van der Waals surface area contributed by atoms with Gasteiger partial charge >= 0.3 is 6.03 Å². The first-order valence-electron chi connectivity index (χ1n) is 7.84. The van der Waals surface area contributed by atoms with Gasteiger partial charge in [-0.15, -0.1) is 0 Å². The highest BCUT2D eigenvalue weighted by Crippen LogP contribution is 2.29. The second-order valence-corrected chi connectivity index (χ2v) is 6.25. The fourth-order valence-corrected chi connectivity index (χ4v) is 3.02. The Bertz CT molecular complexity index is 610. The van der Waals surface area contributed by atoms with E-state index >= 15 is 0 Å². The number of nitrogens with one attached hydrogen (secondary N) is 2. The molecule has 0 radical (unpaired) electrons. The van der Waals surface area contributed by atoms with E-state index in [1.807, 2.05) is 0 Å². The molecule has 1 aliphatic carbocycles. The zero-order valence-corrected chi connectivity index (χ0v) is 13.5. The summed E-state index contributed by atoms with van der Waals surface area (Å²) in [5, 5.41) is 26.7. The third-order valence-electron chi connectivity index (χ3n) is 4.44. The number of nitro groups is 1. The average molecular weight is 321 g/mol. The largest absolute Gasteiger partial charge is 0.388 e. The number of nitro benzene ring substituents is 1. The van der Waals surface area contributed by atoms with Crippen molar-refractivity contribution in [2.45, 2.75) is 51.6 Å². The summed E-state index contributed by atoms with van der Waals surface area (Å²) in [6.07, 6.45) is 4.40. The van der Waals surface area contributed by atoms with Gasteiger partial charge in [0.25, 0.3) is 5.69 Å². The minimum atomic E-state index is -0.845. The molecule has 0 bridgehead atoms. The van der Waals surface area contributed by atoms with E-state index in [9.17, 15) is 20.0 Å². The SMILES string of the molecule is Cc1ccc([N+](=O)[O-])c(C)c1NC(=O)NCC1(O)CCCCC1. The topological polar surface area (TPSA) is 105 Å². The normalized spacial score (nSPS) is 16.7. The maximum Gasteiger partial charge on any atom is 0.319 e. The number of hydrogen-bond donors (Lipinski definition) is 3. The fraction of sp³-hybridized carbons (Fsp3) is 0.562. The molecular weight excluding hydrogens is 298 g/mol. The standard InChI is InChI=1S/C16H23N3O4/c1-11-6-7-13(19(22)23)12(2)14(11)18-15(20)17-10-16(21)8-4-3-5-9-16/h6-7,21H,3-5,8-10H2,1-2H3,(H2,17,18,20). The van der Waals surface area contributed by atoms with Crippen LogP contribution in [-0.2, 0) is 0 Å². The van der Waals surface area contributed by atoms with Crippen molar-refractivity contribution in [1.29, 1.82) is 0 Å². The van der Waals surface area contributed by atoms with Gasteiger partial charge < -0.3 is 15.7 Å². The van der Waals surface area contributed by atoms with E-state index < -0.39 is 16.6 Å². The Morgan fingerprint density at radius 2 is 1.96 bits per heavy atom. The summed E-state index contributed by atoms with van der Waals surface area (Å²) in [6.45, 7) is 3.57. The summed E-state index contributed by atoms with van der Waals surface area (Å²) < 4.78 is 0. The van der Waals surface area contributed by atoms with E-state index in [0.29, 0.717) is 24.1 Å². The number of amides is 2. The predicted molar refractivity (Wildman–Crippen MR) is 87.6 cm³/mol. The van der Waals surface area contributed by atoms with Crippen molar-refractivity contribution in [2.75, 3.05) is 11.9 Å². The molecule has 7 nitrogen and oxygen atoms in total. The quantitative estimate of drug-likeness (QED) is 0.585. The Balaban J connectivity index is 2.03. The van der Waals surface area contributed by atoms with E-state index in [2.05, 4.69) is 10.6 Å². The summed E-state index contributed by atoms with van der Waals surface area (Å²) in [6, 6.07) is 2.57. The minimum absolute atomic E-state index is 0.0307. The van der Waals surface area contributed by atoms with Crippen molar-refractivity contribution in [2.24, 2.45) is 0 Å². The maximum atomic E-state index is 12.1. The van der Waals surface area contributed by atoms with Crippen LogP contribution >= 0.6 is 0 Å². The van der Waals surface area contributed by atoms with E-state index in [1.54, 1.807) is 19.9 Å². The van der Waals surface area contributed by atoms with Crippen LogP contribution in [0.15, 0.2) is 12.1 Å². The van der Waals surface area contributed by atoms with Gasteiger partial charge in [0.05, 0.1) is 21.8 Å². The number of urea groups is 1. The average Bonchev–Trinajstić information content (AvgIpc) is 2.50. The summed E-state index contributed by atoms with van der Waals surface area (Å²) in [5.41, 5.74) is 0.729. The van der Waals surface area contributed by atoms with Crippen molar-refractivity contribution >= 4 is 17.4 Å². The van der Waals surface area contributed by atoms with Gasteiger partial charge in [-0.2, -0.15) is 0 Å². The molecule has 3 N–H and O–H groups in total. The van der Waals surface area contributed by atoms with Crippen molar-refractivity contribution in [3.8, 4) is 0 Å². The number of aliphatic hydroxyl groups is 1. The van der Waals surface area contributed by atoms with Crippen molar-refractivity contribution < 1.29 is 14.8 Å². The number of rotatable bonds is 4. The van der Waals surface area contributed by atoms with E-state index in [-0.39, 0.29) is 12.2 Å². The van der Waals surface area contributed by atoms with E-state index in [4.69, 9.17) is 0 Å². The Labute approximate surface area is 135 Å². The molecule has 0 heterocycles. The Morgan fingerprint density at radius 3 is 2.57 bits per heavy atom. The lowest BCUT2D eigenvalue weighted by Crippen LogP contribution is -2.45. The third kappa shape index (κ3) is 4.19. The molecule has 126 valence electrons. The molecule has 2 rings (SSSR count). The first-order valence-corrected chi connectivity index (χ1v) is 7.84. The Morgan fingerprint density at radius 1 is 1.30 bits per heavy atom. The van der Waals surface area contributed by atoms with Gasteiger partial charge in [0.1, 0.15) is 0 Å². The maximum absolute atomic E-state index is 12.1. The molecule has 1 aliphatic rings. The third-order valence-corrected chi connectivity index (χ3v) is 4.44. The molecule has 2 amide bonds. The highest BCUT2D eigenvalue weighted by Gasteiger charge is 2.29. The molecule has 0 aliphatic heterocycles. The van der Waals surface area contributed by atoms with Crippen molar-refractivity contribution in [3.05, 3.63) is 33.4 Å². The van der Waals surface area contributed by atoms with Gasteiger partial charge in [0, 0.05) is 12.6 Å². The van der Waals surface area contributed by atoms with Crippen LogP contribution in [0.5, 0.6) is 0 Å². The Hall–Kier alpha value is -2.15. The molecule has 0 unspecified atom stereocenters. The molecule has 7 heteroatoms. The van der Waals surface area contributed by atoms with Crippen LogP contribution in [0.3, 0.4) is 0 Å². The second-order valence-electron chi connectivity index (χ2n) is 6.25. The van der Waals surface area contributed by atoms with Crippen LogP contribution in [-0.4, -0.2) is 28.2 Å². The van der Waals surface area contributed by atoms with Crippen molar-refractivity contribution in [3.63, 3.8) is 0 Å². The number of carbonyl (C=O) groups excluding carboxylic acids is 1. The number of nitrogens with zero attached hydrogens (tertiary/aromatic N) is 1. The molecule has 0 aromatic heterocycles. The summed E-state index contributed by atoms with van der Waals surface area (Å²) in [4.78, 5) is 22.6. The monoisotopic (exact) mass is 321 g/mol. The zero-order valence-electron chi connectivity index (χ0n) is 13.5. The van der Waals surface area contributed by atoms with Crippen LogP contribution in [0.1, 0.15) is 43.2 Å². The number of anilines is 1. The minimum Gasteiger partial charge on any atom is -0.388 e. The predicted octanol–water partition coefficient (Wildman–Crippen LogP) is 3.03. The number of hydrogen-bond acceptors (Lipinski definition) is 4. The van der Waals surface area contributed by atoms with E-state index in [1.165, 1.54) is 6.07 Å². The highest BCUT2D eigenvalue weighted by molar-refractivity contribution is 5.91. The molecular formula is C16H23N3O4. The molecule has 1 aromatic rings. The molecule has 1 fully saturated rings. The molecule has 0 atom stereocenters. The van der Waals surface area contributed by atoms with Crippen molar-refractivity contribution in [1.82, 2.24) is 5.32 Å². The lowest BCUT2D eigenvalue weighted by molar-refractivity contribution is -0.385. The lowest BCUT2D eigenvalue weighted by Gasteiger charge is -2.32. The Kier molecular flexibility index (Phi) is 5.20. The second kappa shape index (κ2) is 6.95. The van der Waals surface area contributed by atoms with Gasteiger partial charge in [-0.1, -0.05) is 25.3 Å². The zero-order chi connectivity index (χ0) is 17.0.